The van der Waals surface area contributed by atoms with Crippen LogP contribution < -0.4 is 0 Å². The van der Waals surface area contributed by atoms with Crippen LogP contribution in [0.5, 0.6) is 0 Å². The van der Waals surface area contributed by atoms with Crippen molar-refractivity contribution >= 4 is 9.84 Å². The van der Waals surface area contributed by atoms with E-state index in [1.165, 1.54) is 0 Å². The summed E-state index contributed by atoms with van der Waals surface area (Å²) in [5.41, 5.74) is 0. The van der Waals surface area contributed by atoms with Gasteiger partial charge >= 0.3 is 6.18 Å². The van der Waals surface area contributed by atoms with Crippen molar-refractivity contribution in [3.05, 3.63) is 0 Å². The molecule has 1 aliphatic heterocycles. The van der Waals surface area contributed by atoms with Crippen molar-refractivity contribution in [1.82, 2.24) is 4.90 Å². The Morgan fingerprint density at radius 1 is 1.35 bits per heavy atom. The molecule has 0 bridgehead atoms. The number of rotatable bonds is 6. The third-order valence-electron chi connectivity index (χ3n) is 3.71. The van der Waals surface area contributed by atoms with Crippen molar-refractivity contribution < 1.29 is 26.7 Å². The van der Waals surface area contributed by atoms with Crippen LogP contribution in [0.1, 0.15) is 33.1 Å². The van der Waals surface area contributed by atoms with Gasteiger partial charge in [0.05, 0.1) is 11.0 Å². The molecular weight excluding hydrogens is 295 g/mol. The van der Waals surface area contributed by atoms with Crippen LogP contribution in [0.15, 0.2) is 0 Å². The molecule has 1 N–H and O–H groups in total. The summed E-state index contributed by atoms with van der Waals surface area (Å²) in [4.78, 5) is 1.55. The maximum atomic E-state index is 12.5. The van der Waals surface area contributed by atoms with Gasteiger partial charge in [0.25, 0.3) is 0 Å². The van der Waals surface area contributed by atoms with Crippen molar-refractivity contribution in [2.24, 2.45) is 0 Å². The lowest BCUT2D eigenvalue weighted by Crippen LogP contribution is -2.47. The summed E-state index contributed by atoms with van der Waals surface area (Å²) in [6.45, 7) is 3.91. The zero-order valence-electron chi connectivity index (χ0n) is 11.7. The lowest BCUT2D eigenvalue weighted by Gasteiger charge is -2.29. The molecule has 120 valence electrons. The molecule has 0 saturated carbocycles. The smallest absolute Gasteiger partial charge is 0.382 e. The molecule has 1 saturated heterocycles. The molecule has 0 spiro atoms. The average Bonchev–Trinajstić information content (AvgIpc) is 2.74. The topological polar surface area (TPSA) is 57.6 Å². The molecule has 1 heterocycles. The van der Waals surface area contributed by atoms with E-state index in [1.54, 1.807) is 18.7 Å². The number of hydrogen-bond acceptors (Lipinski definition) is 4. The number of aliphatic hydroxyl groups is 1. The Labute approximate surface area is 117 Å². The predicted octanol–water partition coefficient (Wildman–Crippen LogP) is 1.59. The van der Waals surface area contributed by atoms with E-state index in [0.29, 0.717) is 19.4 Å². The van der Waals surface area contributed by atoms with E-state index in [0.717, 1.165) is 0 Å². The summed E-state index contributed by atoms with van der Waals surface area (Å²) in [6.07, 6.45) is -5.81. The molecule has 8 heteroatoms. The molecule has 1 aliphatic rings. The highest BCUT2D eigenvalue weighted by molar-refractivity contribution is 7.91. The third kappa shape index (κ3) is 4.60. The first kappa shape index (κ1) is 17.7. The van der Waals surface area contributed by atoms with Gasteiger partial charge in [0, 0.05) is 6.04 Å². The molecule has 0 aliphatic carbocycles. The molecule has 0 aromatic carbocycles. The van der Waals surface area contributed by atoms with Crippen LogP contribution in [0, 0.1) is 0 Å². The van der Waals surface area contributed by atoms with Gasteiger partial charge in [-0.2, -0.15) is 13.2 Å². The minimum atomic E-state index is -4.63. The fourth-order valence-electron chi connectivity index (χ4n) is 2.41. The first-order valence-electron chi connectivity index (χ1n) is 6.76. The number of likely N-dealkylation sites (tertiary alicyclic amines) is 1. The normalized spacial score (nSPS) is 23.4. The summed E-state index contributed by atoms with van der Waals surface area (Å²) in [5, 5.41) is 8.84. The van der Waals surface area contributed by atoms with E-state index in [4.69, 9.17) is 0 Å². The minimum absolute atomic E-state index is 0.0317. The zero-order chi connectivity index (χ0) is 15.6. The molecule has 2 atom stereocenters. The molecule has 2 unspecified atom stereocenters. The first-order valence-corrected chi connectivity index (χ1v) is 8.47. The van der Waals surface area contributed by atoms with Crippen LogP contribution in [0.2, 0.25) is 0 Å². The minimum Gasteiger partial charge on any atom is -0.382 e. The lowest BCUT2D eigenvalue weighted by molar-refractivity contribution is -0.219. The molecular formula is C12H22F3NO3S. The van der Waals surface area contributed by atoms with Gasteiger partial charge in [0.1, 0.15) is 0 Å². The van der Waals surface area contributed by atoms with Crippen LogP contribution in [-0.2, 0) is 9.84 Å². The van der Waals surface area contributed by atoms with Crippen molar-refractivity contribution in [2.45, 2.75) is 56.7 Å². The maximum Gasteiger partial charge on any atom is 0.415 e. The van der Waals surface area contributed by atoms with Crippen molar-refractivity contribution in [3.63, 3.8) is 0 Å². The highest BCUT2D eigenvalue weighted by atomic mass is 32.2. The zero-order valence-corrected chi connectivity index (χ0v) is 12.5. The number of halogens is 3. The van der Waals surface area contributed by atoms with E-state index >= 15 is 0 Å². The molecule has 1 rings (SSSR count). The van der Waals surface area contributed by atoms with Crippen molar-refractivity contribution in [1.29, 1.82) is 0 Å². The summed E-state index contributed by atoms with van der Waals surface area (Å²) in [7, 11) is -3.17. The number of hydrogen-bond donors (Lipinski definition) is 1. The molecule has 1 fully saturated rings. The molecule has 0 radical (unpaired) electrons. The first-order chi connectivity index (χ1) is 9.05. The number of nitrogens with zero attached hydrogens (tertiary/aromatic N) is 1. The quantitative estimate of drug-likeness (QED) is 0.808. The largest absolute Gasteiger partial charge is 0.415 e. The summed E-state index contributed by atoms with van der Waals surface area (Å²) < 4.78 is 60.8. The average molecular weight is 317 g/mol. The maximum absolute atomic E-state index is 12.5. The Morgan fingerprint density at radius 2 is 1.95 bits per heavy atom. The highest BCUT2D eigenvalue weighted by Gasteiger charge is 2.46. The van der Waals surface area contributed by atoms with Gasteiger partial charge in [-0.3, -0.25) is 4.90 Å². The van der Waals surface area contributed by atoms with Gasteiger partial charge in [0.2, 0.25) is 0 Å². The number of aliphatic hydroxyl groups excluding tert-OH is 1. The Kier molecular flexibility index (Phi) is 5.86. The van der Waals surface area contributed by atoms with E-state index in [9.17, 15) is 26.7 Å². The molecule has 20 heavy (non-hydrogen) atoms. The van der Waals surface area contributed by atoms with Crippen LogP contribution >= 0.6 is 0 Å². The molecule has 4 nitrogen and oxygen atoms in total. The van der Waals surface area contributed by atoms with Gasteiger partial charge in [-0.25, -0.2) is 8.42 Å². The second-order valence-electron chi connectivity index (χ2n) is 5.50. The van der Waals surface area contributed by atoms with E-state index in [2.05, 4.69) is 0 Å². The Balaban J connectivity index is 2.51. The summed E-state index contributed by atoms with van der Waals surface area (Å²) >= 11 is 0. The summed E-state index contributed by atoms with van der Waals surface area (Å²) in [5.74, 6) is -0.0317. The second-order valence-corrected chi connectivity index (χ2v) is 8.18. The Hall–Kier alpha value is -0.340. The number of sulfone groups is 1. The number of alkyl halides is 3. The van der Waals surface area contributed by atoms with Gasteiger partial charge in [0.15, 0.2) is 15.9 Å². The van der Waals surface area contributed by atoms with Crippen LogP contribution in [0.25, 0.3) is 0 Å². The van der Waals surface area contributed by atoms with Crippen molar-refractivity contribution in [2.75, 3.05) is 18.8 Å². The molecule has 0 aromatic rings. The van der Waals surface area contributed by atoms with Crippen LogP contribution in [-0.4, -0.2) is 60.8 Å². The van der Waals surface area contributed by atoms with E-state index < -0.39 is 33.4 Å². The predicted molar refractivity (Wildman–Crippen MR) is 70.2 cm³/mol. The van der Waals surface area contributed by atoms with Gasteiger partial charge in [-0.15, -0.1) is 0 Å². The third-order valence-corrected chi connectivity index (χ3v) is 6.00. The van der Waals surface area contributed by atoms with E-state index in [1.807, 2.05) is 0 Å². The van der Waals surface area contributed by atoms with Gasteiger partial charge in [-0.05, 0) is 46.2 Å². The Morgan fingerprint density at radius 3 is 2.45 bits per heavy atom. The Bertz CT molecular complexity index is 409. The highest BCUT2D eigenvalue weighted by Crippen LogP contribution is 2.30. The van der Waals surface area contributed by atoms with E-state index in [-0.39, 0.29) is 18.7 Å². The van der Waals surface area contributed by atoms with Crippen molar-refractivity contribution in [3.8, 4) is 0 Å². The second kappa shape index (κ2) is 6.62. The van der Waals surface area contributed by atoms with Crippen LogP contribution in [0.4, 0.5) is 13.2 Å². The standard InChI is InChI=1S/C12H22F3NO3S/c1-9(2)20(18,19)8-4-7-16-6-3-5-10(16)11(17)12(13,14)15/h9-11,17H,3-8H2,1-2H3. The summed E-state index contributed by atoms with van der Waals surface area (Å²) in [6, 6.07) is -0.947. The van der Waals surface area contributed by atoms with Gasteiger partial charge < -0.3 is 5.11 Å². The monoisotopic (exact) mass is 317 g/mol. The molecule has 0 amide bonds. The lowest BCUT2D eigenvalue weighted by atomic mass is 10.1. The van der Waals surface area contributed by atoms with Gasteiger partial charge in [-0.1, -0.05) is 0 Å². The molecule has 0 aromatic heterocycles. The fraction of sp³-hybridized carbons (Fsp3) is 1.00. The SMILES string of the molecule is CC(C)S(=O)(=O)CCCN1CCCC1C(O)C(F)(F)F. The van der Waals surface area contributed by atoms with Crippen LogP contribution in [0.3, 0.4) is 0 Å². The fourth-order valence-corrected chi connectivity index (χ4v) is 3.41.